The summed E-state index contributed by atoms with van der Waals surface area (Å²) in [6.45, 7) is 6.07. The number of fused-ring (bicyclic) bond motifs is 1. The molecule has 0 aliphatic carbocycles. The number of likely N-dealkylation sites (N-methyl/N-ethyl adjacent to an activating group) is 1. The summed E-state index contributed by atoms with van der Waals surface area (Å²) in [5.74, 6) is 2.20. The van der Waals surface area contributed by atoms with Crippen molar-refractivity contribution in [1.82, 2.24) is 9.91 Å². The van der Waals surface area contributed by atoms with Gasteiger partial charge in [-0.3, -0.25) is 9.59 Å². The summed E-state index contributed by atoms with van der Waals surface area (Å²) in [7, 11) is 4.83. The van der Waals surface area contributed by atoms with Crippen LogP contribution in [0, 0.1) is 5.41 Å². The molecule has 2 aromatic rings. The normalized spacial score (nSPS) is 16.6. The Morgan fingerprint density at radius 2 is 1.83 bits per heavy atom. The molecule has 192 valence electrons. The number of hydrogen-bond donors (Lipinski definition) is 0. The minimum atomic E-state index is -0.375. The summed E-state index contributed by atoms with van der Waals surface area (Å²) in [6.07, 6.45) is 0.813. The van der Waals surface area contributed by atoms with Crippen LogP contribution in [0.15, 0.2) is 41.5 Å². The average Bonchev–Trinajstić information content (AvgIpc) is 3.49. The smallest absolute Gasteiger partial charge is 0.262 e. The fourth-order valence-corrected chi connectivity index (χ4v) is 4.27. The van der Waals surface area contributed by atoms with Gasteiger partial charge >= 0.3 is 0 Å². The summed E-state index contributed by atoms with van der Waals surface area (Å²) < 4.78 is 21.9. The van der Waals surface area contributed by atoms with Gasteiger partial charge in [0.15, 0.2) is 11.5 Å². The van der Waals surface area contributed by atoms with Gasteiger partial charge in [-0.2, -0.15) is 5.10 Å². The lowest BCUT2D eigenvalue weighted by Crippen LogP contribution is -2.40. The highest BCUT2D eigenvalue weighted by atomic mass is 16.7. The van der Waals surface area contributed by atoms with E-state index in [1.165, 1.54) is 9.91 Å². The highest BCUT2D eigenvalue weighted by Crippen LogP contribution is 2.40. The summed E-state index contributed by atoms with van der Waals surface area (Å²) in [4.78, 5) is 27.6. The van der Waals surface area contributed by atoms with Crippen molar-refractivity contribution in [2.75, 3.05) is 34.6 Å². The number of nitrogens with zero attached hydrogens (tertiary/aromatic N) is 3. The van der Waals surface area contributed by atoms with E-state index in [-0.39, 0.29) is 36.6 Å². The average molecular weight is 496 g/mol. The molecule has 0 bridgehead atoms. The largest absolute Gasteiger partial charge is 0.497 e. The topological polar surface area (TPSA) is 89.9 Å². The minimum Gasteiger partial charge on any atom is -0.497 e. The van der Waals surface area contributed by atoms with Crippen LogP contribution in [0.5, 0.6) is 23.0 Å². The van der Waals surface area contributed by atoms with E-state index < -0.39 is 0 Å². The molecule has 0 unspecified atom stereocenters. The van der Waals surface area contributed by atoms with Crippen molar-refractivity contribution in [2.24, 2.45) is 10.5 Å². The first-order chi connectivity index (χ1) is 17.1. The second-order valence-electron chi connectivity index (χ2n) is 10.2. The van der Waals surface area contributed by atoms with Crippen molar-refractivity contribution in [3.63, 3.8) is 0 Å². The quantitative estimate of drug-likeness (QED) is 0.577. The maximum Gasteiger partial charge on any atom is 0.262 e. The van der Waals surface area contributed by atoms with E-state index >= 15 is 0 Å². The molecule has 1 atom stereocenters. The van der Waals surface area contributed by atoms with Gasteiger partial charge < -0.3 is 23.8 Å². The zero-order valence-corrected chi connectivity index (χ0v) is 21.7. The standard InChI is InChI=1S/C27H33N3O6/c1-27(2,3)14-25(31)29(4)15-26(32)30-21(17-7-10-22-24(11-17)36-16-35-22)13-20(28-30)19-9-8-18(33-5)12-23(19)34-6/h7-12,21H,13-16H2,1-6H3/t21-/m0/s1. The summed E-state index contributed by atoms with van der Waals surface area (Å²) >= 11 is 0. The van der Waals surface area contributed by atoms with E-state index in [4.69, 9.17) is 24.0 Å². The Labute approximate surface area is 211 Å². The van der Waals surface area contributed by atoms with E-state index in [1.54, 1.807) is 27.3 Å². The molecule has 0 spiro atoms. The van der Waals surface area contributed by atoms with Gasteiger partial charge in [0.2, 0.25) is 12.7 Å². The van der Waals surface area contributed by atoms with E-state index in [0.717, 1.165) is 11.1 Å². The van der Waals surface area contributed by atoms with Gasteiger partial charge in [0.05, 0.1) is 26.0 Å². The highest BCUT2D eigenvalue weighted by molar-refractivity contribution is 6.05. The van der Waals surface area contributed by atoms with Crippen molar-refractivity contribution in [3.05, 3.63) is 47.5 Å². The first-order valence-electron chi connectivity index (χ1n) is 11.8. The third-order valence-corrected chi connectivity index (χ3v) is 6.15. The molecule has 36 heavy (non-hydrogen) atoms. The molecule has 9 nitrogen and oxygen atoms in total. The van der Waals surface area contributed by atoms with Crippen molar-refractivity contribution in [2.45, 2.75) is 39.7 Å². The zero-order valence-electron chi connectivity index (χ0n) is 21.7. The molecule has 2 aliphatic heterocycles. The van der Waals surface area contributed by atoms with E-state index in [0.29, 0.717) is 41.6 Å². The monoisotopic (exact) mass is 495 g/mol. The Bertz CT molecular complexity index is 1190. The summed E-state index contributed by atoms with van der Waals surface area (Å²) in [5, 5.41) is 6.20. The lowest BCUT2D eigenvalue weighted by atomic mass is 9.92. The Kier molecular flexibility index (Phi) is 7.10. The molecular weight excluding hydrogens is 462 g/mol. The van der Waals surface area contributed by atoms with Gasteiger partial charge in [-0.15, -0.1) is 0 Å². The Morgan fingerprint density at radius 1 is 1.08 bits per heavy atom. The van der Waals surface area contributed by atoms with Crippen LogP contribution in [-0.2, 0) is 9.59 Å². The van der Waals surface area contributed by atoms with Crippen LogP contribution in [0.1, 0.15) is 50.8 Å². The lowest BCUT2D eigenvalue weighted by Gasteiger charge is -2.26. The highest BCUT2D eigenvalue weighted by Gasteiger charge is 2.36. The molecule has 0 fully saturated rings. The number of carbonyl (C=O) groups is 2. The van der Waals surface area contributed by atoms with Gasteiger partial charge in [-0.05, 0) is 35.2 Å². The molecule has 0 radical (unpaired) electrons. The first-order valence-corrected chi connectivity index (χ1v) is 11.8. The fraction of sp³-hybridized carbons (Fsp3) is 0.444. The van der Waals surface area contributed by atoms with E-state index in [9.17, 15) is 9.59 Å². The van der Waals surface area contributed by atoms with Crippen LogP contribution in [0.2, 0.25) is 0 Å². The van der Waals surface area contributed by atoms with Gasteiger partial charge in [-0.1, -0.05) is 26.8 Å². The molecular formula is C27H33N3O6. The van der Waals surface area contributed by atoms with Crippen molar-refractivity contribution >= 4 is 17.5 Å². The maximum atomic E-state index is 13.5. The second-order valence-corrected chi connectivity index (χ2v) is 10.2. The summed E-state index contributed by atoms with van der Waals surface area (Å²) in [6, 6.07) is 10.8. The molecule has 0 aromatic heterocycles. The van der Waals surface area contributed by atoms with Crippen LogP contribution in [-0.4, -0.2) is 62.0 Å². The SMILES string of the molecule is COc1ccc(C2=NN(C(=O)CN(C)C(=O)CC(C)(C)C)[C@H](c3ccc4c(c3)OCO4)C2)c(OC)c1. The van der Waals surface area contributed by atoms with E-state index in [2.05, 4.69) is 0 Å². The summed E-state index contributed by atoms with van der Waals surface area (Å²) in [5.41, 5.74) is 2.17. The molecule has 0 N–H and O–H groups in total. The number of methoxy groups -OCH3 is 2. The van der Waals surface area contributed by atoms with Crippen LogP contribution in [0.25, 0.3) is 0 Å². The Hall–Kier alpha value is -3.75. The number of ether oxygens (including phenoxy) is 4. The molecule has 0 saturated heterocycles. The number of amides is 2. The number of benzene rings is 2. The second kappa shape index (κ2) is 10.1. The molecule has 9 heteroatoms. The number of hydrogen-bond acceptors (Lipinski definition) is 7. The van der Waals surface area contributed by atoms with Crippen LogP contribution in [0.3, 0.4) is 0 Å². The number of hydrazone groups is 1. The van der Waals surface area contributed by atoms with Crippen LogP contribution < -0.4 is 18.9 Å². The molecule has 2 aliphatic rings. The predicted molar refractivity (Wildman–Crippen MR) is 135 cm³/mol. The van der Waals surface area contributed by atoms with Crippen molar-refractivity contribution in [3.8, 4) is 23.0 Å². The minimum absolute atomic E-state index is 0.0769. The molecule has 4 rings (SSSR count). The Morgan fingerprint density at radius 3 is 2.53 bits per heavy atom. The van der Waals surface area contributed by atoms with E-state index in [1.807, 2.05) is 51.1 Å². The van der Waals surface area contributed by atoms with Crippen molar-refractivity contribution in [1.29, 1.82) is 0 Å². The molecule has 2 heterocycles. The number of carbonyl (C=O) groups excluding carboxylic acids is 2. The van der Waals surface area contributed by atoms with Gasteiger partial charge in [0, 0.05) is 31.5 Å². The third kappa shape index (κ3) is 5.40. The molecule has 0 saturated carbocycles. The Balaban J connectivity index is 1.65. The predicted octanol–water partition coefficient (Wildman–Crippen LogP) is 4.00. The fourth-order valence-electron chi connectivity index (χ4n) is 4.27. The van der Waals surface area contributed by atoms with Gasteiger partial charge in [0.1, 0.15) is 18.0 Å². The van der Waals surface area contributed by atoms with Crippen molar-refractivity contribution < 1.29 is 28.5 Å². The molecule has 2 amide bonds. The maximum absolute atomic E-state index is 13.5. The first kappa shape index (κ1) is 25.3. The van der Waals surface area contributed by atoms with Gasteiger partial charge in [-0.25, -0.2) is 5.01 Å². The molecule has 2 aromatic carbocycles. The third-order valence-electron chi connectivity index (χ3n) is 6.15. The van der Waals surface area contributed by atoms with Crippen LogP contribution >= 0.6 is 0 Å². The van der Waals surface area contributed by atoms with Crippen LogP contribution in [0.4, 0.5) is 0 Å². The lowest BCUT2D eigenvalue weighted by molar-refractivity contribution is -0.141. The zero-order chi connectivity index (χ0) is 26.0. The van der Waals surface area contributed by atoms with Gasteiger partial charge in [0.25, 0.3) is 5.91 Å². The number of rotatable bonds is 7.